The van der Waals surface area contributed by atoms with Crippen molar-refractivity contribution >= 4 is 23.3 Å². The third-order valence-electron chi connectivity index (χ3n) is 4.95. The molecule has 0 radical (unpaired) electrons. The smallest absolute Gasteiger partial charge is 0.228 e. The minimum atomic E-state index is 0.00156. The molecule has 2 aliphatic heterocycles. The Morgan fingerprint density at radius 1 is 1.04 bits per heavy atom. The van der Waals surface area contributed by atoms with Crippen LogP contribution in [-0.4, -0.2) is 34.7 Å². The molecule has 0 saturated heterocycles. The van der Waals surface area contributed by atoms with Crippen molar-refractivity contribution in [2.45, 2.75) is 39.2 Å². The third-order valence-corrected chi connectivity index (χ3v) is 4.95. The molecule has 6 nitrogen and oxygen atoms in total. The molecule has 0 bridgehead atoms. The quantitative estimate of drug-likeness (QED) is 0.863. The van der Waals surface area contributed by atoms with E-state index in [0.717, 1.165) is 36.6 Å². The lowest BCUT2D eigenvalue weighted by Crippen LogP contribution is -2.38. The van der Waals surface area contributed by atoms with E-state index in [1.165, 1.54) is 5.56 Å². The summed E-state index contributed by atoms with van der Waals surface area (Å²) in [6.07, 6.45) is 2.27. The largest absolute Gasteiger partial charge is 0.312 e. The third kappa shape index (κ3) is 2.92. The summed E-state index contributed by atoms with van der Waals surface area (Å²) in [4.78, 5) is 28.8. The van der Waals surface area contributed by atoms with Crippen molar-refractivity contribution in [1.82, 2.24) is 9.78 Å². The number of aromatic nitrogens is 2. The number of para-hydroxylation sites is 1. The van der Waals surface area contributed by atoms with Gasteiger partial charge in [-0.3, -0.25) is 14.5 Å². The van der Waals surface area contributed by atoms with Gasteiger partial charge in [-0.25, -0.2) is 4.68 Å². The predicted octanol–water partition coefficient (Wildman–Crippen LogP) is 2.30. The predicted molar refractivity (Wildman–Crippen MR) is 95.7 cm³/mol. The van der Waals surface area contributed by atoms with Crippen molar-refractivity contribution in [3.63, 3.8) is 0 Å². The van der Waals surface area contributed by atoms with E-state index in [-0.39, 0.29) is 24.7 Å². The molecular formula is C19H22N4O2. The van der Waals surface area contributed by atoms with Crippen LogP contribution in [0.1, 0.15) is 30.5 Å². The van der Waals surface area contributed by atoms with Gasteiger partial charge in [-0.05, 0) is 31.4 Å². The molecule has 2 aliphatic rings. The molecule has 0 saturated carbocycles. The number of hydrogen-bond donors (Lipinski definition) is 0. The Labute approximate surface area is 147 Å². The molecule has 0 atom stereocenters. The molecule has 2 amide bonds. The number of carbonyl (C=O) groups is 2. The van der Waals surface area contributed by atoms with Crippen LogP contribution in [-0.2, 0) is 22.6 Å². The van der Waals surface area contributed by atoms with Crippen LogP contribution in [0.15, 0.2) is 30.3 Å². The maximum absolute atomic E-state index is 12.6. The SMILES string of the molecule is Cc1cc2n(n1)CCCN2C(=O)CCC(=O)N1CCc2ccccc21. The van der Waals surface area contributed by atoms with Crippen LogP contribution < -0.4 is 9.80 Å². The van der Waals surface area contributed by atoms with Gasteiger partial charge >= 0.3 is 0 Å². The Bertz CT molecular complexity index is 827. The van der Waals surface area contributed by atoms with Crippen LogP contribution in [0.2, 0.25) is 0 Å². The highest BCUT2D eigenvalue weighted by molar-refractivity contribution is 6.00. The zero-order valence-electron chi connectivity index (χ0n) is 14.4. The molecule has 3 heterocycles. The van der Waals surface area contributed by atoms with Crippen molar-refractivity contribution in [3.05, 3.63) is 41.6 Å². The van der Waals surface area contributed by atoms with Crippen LogP contribution in [0.5, 0.6) is 0 Å². The number of anilines is 2. The number of amides is 2. The van der Waals surface area contributed by atoms with Crippen molar-refractivity contribution in [2.24, 2.45) is 0 Å². The first-order valence-electron chi connectivity index (χ1n) is 8.86. The maximum atomic E-state index is 12.6. The molecule has 4 rings (SSSR count). The molecule has 1 aromatic heterocycles. The fourth-order valence-electron chi connectivity index (χ4n) is 3.74. The number of nitrogens with zero attached hydrogens (tertiary/aromatic N) is 4. The average molecular weight is 338 g/mol. The lowest BCUT2D eigenvalue weighted by atomic mass is 10.2. The summed E-state index contributed by atoms with van der Waals surface area (Å²) in [6.45, 7) is 4.19. The van der Waals surface area contributed by atoms with E-state index in [1.807, 2.05) is 40.8 Å². The molecule has 130 valence electrons. The van der Waals surface area contributed by atoms with Gasteiger partial charge in [-0.2, -0.15) is 5.10 Å². The Kier molecular flexibility index (Phi) is 4.03. The highest BCUT2D eigenvalue weighted by Crippen LogP contribution is 2.28. The molecule has 0 aliphatic carbocycles. The van der Waals surface area contributed by atoms with Crippen LogP contribution in [0.3, 0.4) is 0 Å². The standard InChI is InChI=1S/C19H22N4O2/c1-14-13-17-22(10-4-11-23(17)20-14)19(25)8-7-18(24)21-12-9-15-5-2-3-6-16(15)21/h2-3,5-6,13H,4,7-12H2,1H3. The summed E-state index contributed by atoms with van der Waals surface area (Å²) < 4.78 is 1.88. The monoisotopic (exact) mass is 338 g/mol. The van der Waals surface area contributed by atoms with Crippen molar-refractivity contribution in [1.29, 1.82) is 0 Å². The van der Waals surface area contributed by atoms with Gasteiger partial charge in [0.1, 0.15) is 5.82 Å². The number of fused-ring (bicyclic) bond motifs is 2. The first kappa shape index (κ1) is 15.9. The van der Waals surface area contributed by atoms with Gasteiger partial charge in [0.15, 0.2) is 0 Å². The van der Waals surface area contributed by atoms with Gasteiger partial charge in [0, 0.05) is 44.2 Å². The molecule has 0 fully saturated rings. The Morgan fingerprint density at radius 3 is 2.64 bits per heavy atom. The lowest BCUT2D eigenvalue weighted by molar-refractivity contribution is -0.123. The average Bonchev–Trinajstić information content (AvgIpc) is 3.21. The second-order valence-electron chi connectivity index (χ2n) is 6.69. The summed E-state index contributed by atoms with van der Waals surface area (Å²) in [5.74, 6) is 0.884. The zero-order valence-corrected chi connectivity index (χ0v) is 14.4. The van der Waals surface area contributed by atoms with Gasteiger partial charge in [-0.1, -0.05) is 18.2 Å². The second kappa shape index (κ2) is 6.35. The summed E-state index contributed by atoms with van der Waals surface area (Å²) in [5.41, 5.74) is 3.11. The van der Waals surface area contributed by atoms with E-state index in [0.29, 0.717) is 13.1 Å². The highest BCUT2D eigenvalue weighted by Gasteiger charge is 2.27. The zero-order chi connectivity index (χ0) is 17.4. The number of carbonyl (C=O) groups excluding carboxylic acids is 2. The van der Waals surface area contributed by atoms with Crippen LogP contribution in [0.4, 0.5) is 11.5 Å². The van der Waals surface area contributed by atoms with Gasteiger partial charge in [0.2, 0.25) is 11.8 Å². The lowest BCUT2D eigenvalue weighted by Gasteiger charge is -2.27. The molecule has 0 spiro atoms. The minimum Gasteiger partial charge on any atom is -0.312 e. The van der Waals surface area contributed by atoms with Gasteiger partial charge in [0.25, 0.3) is 0 Å². The van der Waals surface area contributed by atoms with Crippen molar-refractivity contribution in [2.75, 3.05) is 22.9 Å². The summed E-state index contributed by atoms with van der Waals surface area (Å²) in [5, 5.41) is 4.41. The number of benzene rings is 1. The Balaban J connectivity index is 1.41. The van der Waals surface area contributed by atoms with Crippen LogP contribution in [0, 0.1) is 6.92 Å². The topological polar surface area (TPSA) is 58.4 Å². The van der Waals surface area contributed by atoms with Gasteiger partial charge in [-0.15, -0.1) is 0 Å². The summed E-state index contributed by atoms with van der Waals surface area (Å²) in [6, 6.07) is 9.93. The highest BCUT2D eigenvalue weighted by atomic mass is 16.2. The molecular weight excluding hydrogens is 316 g/mol. The second-order valence-corrected chi connectivity index (χ2v) is 6.69. The summed E-state index contributed by atoms with van der Waals surface area (Å²) >= 11 is 0. The molecule has 2 aromatic rings. The maximum Gasteiger partial charge on any atom is 0.228 e. The van der Waals surface area contributed by atoms with Gasteiger partial charge < -0.3 is 4.90 Å². The van der Waals surface area contributed by atoms with Gasteiger partial charge in [0.05, 0.1) is 5.69 Å². The molecule has 6 heteroatoms. The number of aryl methyl sites for hydroxylation is 2. The van der Waals surface area contributed by atoms with E-state index in [9.17, 15) is 9.59 Å². The Hall–Kier alpha value is -2.63. The molecule has 1 aromatic carbocycles. The minimum absolute atomic E-state index is 0.00156. The number of hydrogen-bond acceptors (Lipinski definition) is 3. The van der Waals surface area contributed by atoms with E-state index in [4.69, 9.17) is 0 Å². The first-order valence-corrected chi connectivity index (χ1v) is 8.86. The fourth-order valence-corrected chi connectivity index (χ4v) is 3.74. The summed E-state index contributed by atoms with van der Waals surface area (Å²) in [7, 11) is 0. The fraction of sp³-hybridized carbons (Fsp3) is 0.421. The van der Waals surface area contributed by atoms with E-state index >= 15 is 0 Å². The van der Waals surface area contributed by atoms with E-state index < -0.39 is 0 Å². The van der Waals surface area contributed by atoms with Crippen molar-refractivity contribution < 1.29 is 9.59 Å². The van der Waals surface area contributed by atoms with E-state index in [2.05, 4.69) is 11.2 Å². The first-order chi connectivity index (χ1) is 12.1. The molecule has 25 heavy (non-hydrogen) atoms. The van der Waals surface area contributed by atoms with Crippen molar-refractivity contribution in [3.8, 4) is 0 Å². The van der Waals surface area contributed by atoms with Crippen LogP contribution in [0.25, 0.3) is 0 Å². The van der Waals surface area contributed by atoms with Crippen LogP contribution >= 0.6 is 0 Å². The van der Waals surface area contributed by atoms with E-state index in [1.54, 1.807) is 4.90 Å². The normalized spacial score (nSPS) is 15.9. The molecule has 0 N–H and O–H groups in total. The molecule has 0 unspecified atom stereocenters. The number of rotatable bonds is 3. The Morgan fingerprint density at radius 2 is 1.80 bits per heavy atom.